The van der Waals surface area contributed by atoms with Gasteiger partial charge in [-0.2, -0.15) is 0 Å². The van der Waals surface area contributed by atoms with E-state index in [9.17, 15) is 4.79 Å². The van der Waals surface area contributed by atoms with Gasteiger partial charge in [0.2, 0.25) is 5.91 Å². The number of amides is 1. The molecule has 3 nitrogen and oxygen atoms in total. The summed E-state index contributed by atoms with van der Waals surface area (Å²) in [5.41, 5.74) is 2.18. The van der Waals surface area contributed by atoms with Crippen molar-refractivity contribution < 1.29 is 4.79 Å². The number of carbonyl (C=O) groups is 1. The highest BCUT2D eigenvalue weighted by atomic mass is 16.1. The number of nitrogens with one attached hydrogen (secondary N) is 1. The number of aromatic nitrogens is 1. The van der Waals surface area contributed by atoms with E-state index >= 15 is 0 Å². The smallest absolute Gasteiger partial charge is 0.225 e. The van der Waals surface area contributed by atoms with Gasteiger partial charge in [0.25, 0.3) is 0 Å². The average molecular weight is 176 g/mol. The molecular formula is C10H12N2O. The molecule has 0 bridgehead atoms. The van der Waals surface area contributed by atoms with Gasteiger partial charge in [-0.3, -0.25) is 4.79 Å². The van der Waals surface area contributed by atoms with Crippen LogP contribution < -0.4 is 5.32 Å². The molecule has 0 saturated carbocycles. The molecule has 1 amide bonds. The SMILES string of the molecule is CCc1ccc2c(n1)NC(=O)CC2. The number of nitrogens with zero attached hydrogens (tertiary/aromatic N) is 1. The zero-order chi connectivity index (χ0) is 9.26. The summed E-state index contributed by atoms with van der Waals surface area (Å²) in [6.07, 6.45) is 2.31. The van der Waals surface area contributed by atoms with Crippen molar-refractivity contribution in [2.45, 2.75) is 26.2 Å². The first-order valence-electron chi connectivity index (χ1n) is 4.58. The molecule has 68 valence electrons. The zero-order valence-electron chi connectivity index (χ0n) is 7.63. The second-order valence-corrected chi connectivity index (χ2v) is 3.21. The maximum Gasteiger partial charge on any atom is 0.225 e. The van der Waals surface area contributed by atoms with Crippen LogP contribution in [0.15, 0.2) is 12.1 Å². The van der Waals surface area contributed by atoms with Crippen molar-refractivity contribution in [3.8, 4) is 0 Å². The largest absolute Gasteiger partial charge is 0.310 e. The molecule has 13 heavy (non-hydrogen) atoms. The monoisotopic (exact) mass is 176 g/mol. The van der Waals surface area contributed by atoms with Crippen LogP contribution >= 0.6 is 0 Å². The Hall–Kier alpha value is -1.38. The van der Waals surface area contributed by atoms with Crippen LogP contribution in [-0.2, 0) is 17.6 Å². The van der Waals surface area contributed by atoms with Crippen LogP contribution in [0.1, 0.15) is 24.6 Å². The summed E-state index contributed by atoms with van der Waals surface area (Å²) in [6, 6.07) is 4.08. The quantitative estimate of drug-likeness (QED) is 0.705. The third kappa shape index (κ3) is 1.54. The molecule has 1 N–H and O–H groups in total. The van der Waals surface area contributed by atoms with E-state index in [1.54, 1.807) is 0 Å². The molecule has 0 aromatic carbocycles. The Morgan fingerprint density at radius 3 is 3.08 bits per heavy atom. The first-order chi connectivity index (χ1) is 6.29. The van der Waals surface area contributed by atoms with Gasteiger partial charge >= 0.3 is 0 Å². The number of aryl methyl sites for hydroxylation is 2. The Labute approximate surface area is 77.2 Å². The van der Waals surface area contributed by atoms with E-state index < -0.39 is 0 Å². The van der Waals surface area contributed by atoms with Gasteiger partial charge in [-0.05, 0) is 24.5 Å². The molecule has 1 aliphatic rings. The van der Waals surface area contributed by atoms with E-state index in [1.807, 2.05) is 6.07 Å². The number of pyridine rings is 1. The molecule has 0 fully saturated rings. The molecular weight excluding hydrogens is 164 g/mol. The fourth-order valence-corrected chi connectivity index (χ4v) is 1.48. The van der Waals surface area contributed by atoms with Crippen molar-refractivity contribution in [1.29, 1.82) is 0 Å². The lowest BCUT2D eigenvalue weighted by molar-refractivity contribution is -0.116. The van der Waals surface area contributed by atoms with Gasteiger partial charge in [0.1, 0.15) is 5.82 Å². The molecule has 3 heteroatoms. The molecule has 1 aromatic rings. The van der Waals surface area contributed by atoms with Gasteiger partial charge in [-0.15, -0.1) is 0 Å². The number of hydrogen-bond acceptors (Lipinski definition) is 2. The standard InChI is InChI=1S/C10H12N2O/c1-2-8-5-3-7-4-6-9(13)12-10(7)11-8/h3,5H,2,4,6H2,1H3,(H,11,12,13). The zero-order valence-corrected chi connectivity index (χ0v) is 7.63. The highest BCUT2D eigenvalue weighted by Crippen LogP contribution is 2.20. The Balaban J connectivity index is 2.38. The molecule has 0 spiro atoms. The number of fused-ring (bicyclic) bond motifs is 1. The Morgan fingerprint density at radius 1 is 1.46 bits per heavy atom. The molecule has 2 heterocycles. The van der Waals surface area contributed by atoms with E-state index in [0.29, 0.717) is 6.42 Å². The van der Waals surface area contributed by atoms with Crippen LogP contribution in [0.2, 0.25) is 0 Å². The van der Waals surface area contributed by atoms with Crippen molar-refractivity contribution in [1.82, 2.24) is 4.98 Å². The molecule has 2 rings (SSSR count). The topological polar surface area (TPSA) is 42.0 Å². The van der Waals surface area contributed by atoms with Crippen LogP contribution in [0.5, 0.6) is 0 Å². The summed E-state index contributed by atoms with van der Waals surface area (Å²) in [6.45, 7) is 2.05. The molecule has 0 aliphatic carbocycles. The van der Waals surface area contributed by atoms with Gasteiger partial charge in [0.05, 0.1) is 0 Å². The van der Waals surface area contributed by atoms with E-state index in [-0.39, 0.29) is 5.91 Å². The van der Waals surface area contributed by atoms with Crippen LogP contribution in [-0.4, -0.2) is 10.9 Å². The maximum atomic E-state index is 11.1. The lowest BCUT2D eigenvalue weighted by Crippen LogP contribution is -2.20. The molecule has 1 aliphatic heterocycles. The Kier molecular flexibility index (Phi) is 2.00. The van der Waals surface area contributed by atoms with Crippen molar-refractivity contribution in [2.75, 3.05) is 5.32 Å². The van der Waals surface area contributed by atoms with E-state index in [2.05, 4.69) is 23.3 Å². The molecule has 0 radical (unpaired) electrons. The van der Waals surface area contributed by atoms with E-state index in [4.69, 9.17) is 0 Å². The maximum absolute atomic E-state index is 11.1. The third-order valence-corrected chi connectivity index (χ3v) is 2.28. The summed E-state index contributed by atoms with van der Waals surface area (Å²) in [5, 5.41) is 2.78. The number of rotatable bonds is 1. The average Bonchev–Trinajstić information content (AvgIpc) is 2.16. The summed E-state index contributed by atoms with van der Waals surface area (Å²) in [7, 11) is 0. The van der Waals surface area contributed by atoms with Crippen LogP contribution in [0.4, 0.5) is 5.82 Å². The normalized spacial score (nSPS) is 15.0. The fourth-order valence-electron chi connectivity index (χ4n) is 1.48. The summed E-state index contributed by atoms with van der Waals surface area (Å²) in [4.78, 5) is 15.4. The molecule has 0 unspecified atom stereocenters. The van der Waals surface area contributed by atoms with Crippen molar-refractivity contribution in [2.24, 2.45) is 0 Å². The Bertz CT molecular complexity index is 347. The first-order valence-corrected chi connectivity index (χ1v) is 4.58. The molecule has 0 saturated heterocycles. The van der Waals surface area contributed by atoms with E-state index in [1.165, 1.54) is 0 Å². The number of carbonyl (C=O) groups excluding carboxylic acids is 1. The first kappa shape index (κ1) is 8.23. The minimum Gasteiger partial charge on any atom is -0.310 e. The predicted octanol–water partition coefficient (Wildman–Crippen LogP) is 1.53. The predicted molar refractivity (Wildman–Crippen MR) is 50.6 cm³/mol. The second-order valence-electron chi connectivity index (χ2n) is 3.21. The van der Waals surface area contributed by atoms with Crippen molar-refractivity contribution in [3.05, 3.63) is 23.4 Å². The van der Waals surface area contributed by atoms with Crippen LogP contribution in [0.3, 0.4) is 0 Å². The van der Waals surface area contributed by atoms with Crippen molar-refractivity contribution in [3.63, 3.8) is 0 Å². The van der Waals surface area contributed by atoms with Gasteiger partial charge in [0.15, 0.2) is 0 Å². The van der Waals surface area contributed by atoms with Crippen LogP contribution in [0.25, 0.3) is 0 Å². The summed E-state index contributed by atoms with van der Waals surface area (Å²) >= 11 is 0. The molecule has 1 aromatic heterocycles. The van der Waals surface area contributed by atoms with Gasteiger partial charge in [-0.25, -0.2) is 4.98 Å². The van der Waals surface area contributed by atoms with Gasteiger partial charge in [0, 0.05) is 12.1 Å². The lowest BCUT2D eigenvalue weighted by Gasteiger charge is -2.15. The highest BCUT2D eigenvalue weighted by molar-refractivity contribution is 5.92. The van der Waals surface area contributed by atoms with Crippen LogP contribution in [0, 0.1) is 0 Å². The lowest BCUT2D eigenvalue weighted by atomic mass is 10.1. The van der Waals surface area contributed by atoms with Gasteiger partial charge in [-0.1, -0.05) is 13.0 Å². The third-order valence-electron chi connectivity index (χ3n) is 2.28. The molecule has 0 atom stereocenters. The summed E-state index contributed by atoms with van der Waals surface area (Å²) < 4.78 is 0. The summed E-state index contributed by atoms with van der Waals surface area (Å²) in [5.74, 6) is 0.837. The highest BCUT2D eigenvalue weighted by Gasteiger charge is 2.15. The minimum absolute atomic E-state index is 0.0771. The van der Waals surface area contributed by atoms with Gasteiger partial charge < -0.3 is 5.32 Å². The van der Waals surface area contributed by atoms with Crippen molar-refractivity contribution >= 4 is 11.7 Å². The Morgan fingerprint density at radius 2 is 2.31 bits per heavy atom. The minimum atomic E-state index is 0.0771. The second kappa shape index (κ2) is 3.17. The number of anilines is 1. The fraction of sp³-hybridized carbons (Fsp3) is 0.400. The number of hydrogen-bond donors (Lipinski definition) is 1. The van der Waals surface area contributed by atoms with E-state index in [0.717, 1.165) is 29.9 Å².